The molecular formula is C28H35F2NO. The lowest BCUT2D eigenvalue weighted by molar-refractivity contribution is 0.290. The van der Waals surface area contributed by atoms with Crippen molar-refractivity contribution in [2.24, 2.45) is 5.92 Å². The minimum absolute atomic E-state index is 0.196. The molecule has 0 amide bonds. The van der Waals surface area contributed by atoms with Gasteiger partial charge in [0.15, 0.2) is 0 Å². The van der Waals surface area contributed by atoms with Crippen LogP contribution in [0.25, 0.3) is 5.57 Å². The predicted octanol–water partition coefficient (Wildman–Crippen LogP) is 7.13. The van der Waals surface area contributed by atoms with Crippen molar-refractivity contribution in [1.82, 2.24) is 0 Å². The Hall–Kier alpha value is -2.46. The number of nitrogens with two attached hydrogens (primary N) is 1. The van der Waals surface area contributed by atoms with E-state index in [4.69, 9.17) is 10.8 Å². The van der Waals surface area contributed by atoms with E-state index in [0.29, 0.717) is 28.0 Å². The predicted molar refractivity (Wildman–Crippen MR) is 129 cm³/mol. The number of anilines is 1. The van der Waals surface area contributed by atoms with Gasteiger partial charge in [-0.15, -0.1) is 0 Å². The number of hydrogen-bond acceptors (Lipinski definition) is 2. The Labute approximate surface area is 190 Å². The van der Waals surface area contributed by atoms with E-state index in [1.165, 1.54) is 49.8 Å². The number of nitrogen functional groups attached to an aromatic ring is 1. The Morgan fingerprint density at radius 3 is 2.38 bits per heavy atom. The Morgan fingerprint density at radius 1 is 1.06 bits per heavy atom. The number of benzene rings is 2. The number of rotatable bonds is 7. The van der Waals surface area contributed by atoms with Crippen LogP contribution in [0.5, 0.6) is 0 Å². The molecule has 0 atom stereocenters. The monoisotopic (exact) mass is 439 g/mol. The van der Waals surface area contributed by atoms with Gasteiger partial charge in [-0.25, -0.2) is 8.78 Å². The van der Waals surface area contributed by atoms with Crippen molar-refractivity contribution in [2.75, 3.05) is 12.8 Å². The summed E-state index contributed by atoms with van der Waals surface area (Å²) in [4.78, 5) is 0. The van der Waals surface area contributed by atoms with E-state index in [1.807, 2.05) is 19.1 Å². The molecule has 4 heteroatoms. The molecule has 2 fully saturated rings. The minimum Gasteiger partial charge on any atom is -0.400 e. The molecule has 2 aliphatic rings. The van der Waals surface area contributed by atoms with Crippen molar-refractivity contribution in [3.05, 3.63) is 81.9 Å². The molecule has 0 saturated heterocycles. The average Bonchev–Trinajstić information content (AvgIpc) is 2.72. The van der Waals surface area contributed by atoms with Crippen molar-refractivity contribution in [1.29, 1.82) is 0 Å². The molecule has 2 aromatic carbocycles. The van der Waals surface area contributed by atoms with E-state index in [-0.39, 0.29) is 11.6 Å². The highest BCUT2D eigenvalue weighted by Gasteiger charge is 2.19. The van der Waals surface area contributed by atoms with Crippen LogP contribution in [0.2, 0.25) is 0 Å². The molecule has 2 nitrogen and oxygen atoms in total. The summed E-state index contributed by atoms with van der Waals surface area (Å²) in [5, 5.41) is 7.00. The molecule has 32 heavy (non-hydrogen) atoms. The van der Waals surface area contributed by atoms with Crippen LogP contribution in [0.1, 0.15) is 73.6 Å². The number of hydrogen-bond donors (Lipinski definition) is 2. The summed E-state index contributed by atoms with van der Waals surface area (Å²) in [6.07, 6.45) is 14.8. The maximum absolute atomic E-state index is 15.5. The van der Waals surface area contributed by atoms with Crippen molar-refractivity contribution in [3.8, 4) is 0 Å². The second kappa shape index (κ2) is 11.4. The molecule has 0 heterocycles. The van der Waals surface area contributed by atoms with Gasteiger partial charge in [0.1, 0.15) is 11.6 Å². The van der Waals surface area contributed by atoms with Crippen molar-refractivity contribution >= 4 is 11.3 Å². The van der Waals surface area contributed by atoms with Crippen LogP contribution in [0.4, 0.5) is 14.5 Å². The molecule has 0 radical (unpaired) electrons. The van der Waals surface area contributed by atoms with Crippen LogP contribution >= 0.6 is 0 Å². The van der Waals surface area contributed by atoms with Crippen LogP contribution in [0.15, 0.2) is 48.1 Å². The molecule has 172 valence electrons. The summed E-state index contributed by atoms with van der Waals surface area (Å²) in [5.74, 6) is 0.300. The Kier molecular flexibility index (Phi) is 8.63. The first-order valence-electron chi connectivity index (χ1n) is 11.7. The Bertz CT molecular complexity index is 983. The third-order valence-corrected chi connectivity index (χ3v) is 6.86. The third-order valence-electron chi connectivity index (χ3n) is 6.86. The first-order chi connectivity index (χ1) is 15.5. The van der Waals surface area contributed by atoms with Crippen LogP contribution in [-0.4, -0.2) is 12.2 Å². The standard InChI is InChI=1S/C27H31F2N.CH4O/c1-18-21(10-4-9-19-5-2-6-19)12-15-25(27(18)29)23(14-11-20-7-3-8-20)24-16-13-22(28)17-26(24)30;1-2/h11-17,19H,2-10,30H2,1H3;2H,1H3/b23-14-;. The molecule has 0 bridgehead atoms. The van der Waals surface area contributed by atoms with Gasteiger partial charge >= 0.3 is 0 Å². The van der Waals surface area contributed by atoms with E-state index in [2.05, 4.69) is 12.1 Å². The SMILES string of the molecule is CO.Cc1c(CCCC2CCC2)ccc(/C(=C\C=C2CCC2)c2ccc(F)cc2N)c1F. The molecule has 2 aromatic rings. The van der Waals surface area contributed by atoms with Gasteiger partial charge in [0.25, 0.3) is 0 Å². The number of halogens is 2. The summed E-state index contributed by atoms with van der Waals surface area (Å²) < 4.78 is 29.1. The zero-order valence-corrected chi connectivity index (χ0v) is 19.3. The van der Waals surface area contributed by atoms with E-state index in [0.717, 1.165) is 44.3 Å². The molecular weight excluding hydrogens is 404 g/mol. The summed E-state index contributed by atoms with van der Waals surface area (Å²) in [5.41, 5.74) is 11.5. The first-order valence-corrected chi connectivity index (χ1v) is 11.7. The highest BCUT2D eigenvalue weighted by molar-refractivity contribution is 5.87. The molecule has 0 aliphatic heterocycles. The third kappa shape index (κ3) is 5.66. The van der Waals surface area contributed by atoms with Gasteiger partial charge in [0, 0.05) is 23.9 Å². The van der Waals surface area contributed by atoms with Gasteiger partial charge in [-0.1, -0.05) is 55.5 Å². The maximum Gasteiger partial charge on any atom is 0.134 e. The topological polar surface area (TPSA) is 46.2 Å². The largest absolute Gasteiger partial charge is 0.400 e. The van der Waals surface area contributed by atoms with E-state index >= 15 is 4.39 Å². The number of allylic oxidation sites excluding steroid dienone is 3. The average molecular weight is 440 g/mol. The lowest BCUT2D eigenvalue weighted by Gasteiger charge is -2.25. The van der Waals surface area contributed by atoms with Crippen molar-refractivity contribution < 1.29 is 13.9 Å². The van der Waals surface area contributed by atoms with E-state index in [9.17, 15) is 4.39 Å². The number of aliphatic hydroxyl groups excluding tert-OH is 1. The van der Waals surface area contributed by atoms with Crippen LogP contribution in [-0.2, 0) is 6.42 Å². The summed E-state index contributed by atoms with van der Waals surface area (Å²) >= 11 is 0. The molecule has 0 spiro atoms. The highest BCUT2D eigenvalue weighted by atomic mass is 19.1. The molecule has 2 saturated carbocycles. The van der Waals surface area contributed by atoms with Gasteiger partial charge < -0.3 is 10.8 Å². The molecule has 0 unspecified atom stereocenters. The van der Waals surface area contributed by atoms with Crippen LogP contribution in [0, 0.1) is 24.5 Å². The second-order valence-corrected chi connectivity index (χ2v) is 8.89. The Balaban J connectivity index is 0.00000141. The summed E-state index contributed by atoms with van der Waals surface area (Å²) in [6.45, 7) is 1.87. The van der Waals surface area contributed by atoms with Crippen molar-refractivity contribution in [3.63, 3.8) is 0 Å². The van der Waals surface area contributed by atoms with Gasteiger partial charge in [-0.2, -0.15) is 0 Å². The molecule has 4 rings (SSSR count). The minimum atomic E-state index is -0.383. The van der Waals surface area contributed by atoms with Crippen molar-refractivity contribution in [2.45, 2.75) is 64.7 Å². The number of aryl methyl sites for hydroxylation is 1. The lowest BCUT2D eigenvalue weighted by Crippen LogP contribution is -2.11. The normalized spacial score (nSPS) is 16.0. The second-order valence-electron chi connectivity index (χ2n) is 8.89. The lowest BCUT2D eigenvalue weighted by atomic mass is 9.81. The fraction of sp³-hybridized carbons (Fsp3) is 0.429. The Morgan fingerprint density at radius 2 is 1.78 bits per heavy atom. The summed E-state index contributed by atoms with van der Waals surface area (Å²) in [6, 6.07) is 8.26. The summed E-state index contributed by atoms with van der Waals surface area (Å²) in [7, 11) is 1.00. The number of aliphatic hydroxyl groups is 1. The fourth-order valence-corrected chi connectivity index (χ4v) is 4.42. The van der Waals surface area contributed by atoms with Gasteiger partial charge in [0.05, 0.1) is 0 Å². The first kappa shape index (κ1) is 24.2. The fourth-order valence-electron chi connectivity index (χ4n) is 4.42. The quantitative estimate of drug-likeness (QED) is 0.451. The maximum atomic E-state index is 15.5. The smallest absolute Gasteiger partial charge is 0.134 e. The van der Waals surface area contributed by atoms with E-state index < -0.39 is 0 Å². The zero-order chi connectivity index (χ0) is 23.1. The molecule has 3 N–H and O–H groups in total. The molecule has 0 aromatic heterocycles. The zero-order valence-electron chi connectivity index (χ0n) is 19.3. The van der Waals surface area contributed by atoms with Crippen LogP contribution in [0.3, 0.4) is 0 Å². The highest BCUT2D eigenvalue weighted by Crippen LogP contribution is 2.35. The van der Waals surface area contributed by atoms with Crippen LogP contribution < -0.4 is 5.73 Å². The van der Waals surface area contributed by atoms with E-state index in [1.54, 1.807) is 6.07 Å². The van der Waals surface area contributed by atoms with Gasteiger partial charge in [-0.3, -0.25) is 0 Å². The van der Waals surface area contributed by atoms with Gasteiger partial charge in [0.2, 0.25) is 0 Å². The molecule has 2 aliphatic carbocycles. The van der Waals surface area contributed by atoms with Gasteiger partial charge in [-0.05, 0) is 79.8 Å².